The average Bonchev–Trinajstić information content (AvgIpc) is 2.47. The van der Waals surface area contributed by atoms with Crippen molar-refractivity contribution in [3.8, 4) is 0 Å². The molecule has 0 N–H and O–H groups in total. The van der Waals surface area contributed by atoms with Gasteiger partial charge in [0.05, 0.1) is 0 Å². The van der Waals surface area contributed by atoms with E-state index in [0.29, 0.717) is 6.54 Å². The molecule has 0 saturated carbocycles. The van der Waals surface area contributed by atoms with Gasteiger partial charge in [-0.25, -0.2) is 0 Å². The maximum absolute atomic E-state index is 12.0. The molecule has 1 heterocycles. The molecular weight excluding hydrogens is 201 g/mol. The number of hydrogen-bond donors (Lipinski definition) is 0. The minimum atomic E-state index is -4.33. The zero-order chi connectivity index (χ0) is 9.90. The highest BCUT2D eigenvalue weighted by Gasteiger charge is 2.33. The predicted molar refractivity (Wildman–Crippen MR) is 45.6 cm³/mol. The van der Waals surface area contributed by atoms with E-state index in [1.807, 2.05) is 6.26 Å². The Morgan fingerprint density at radius 3 is 2.69 bits per heavy atom. The zero-order valence-electron chi connectivity index (χ0n) is 7.01. The van der Waals surface area contributed by atoms with Crippen LogP contribution in [0.1, 0.15) is 5.69 Å². The summed E-state index contributed by atoms with van der Waals surface area (Å²) < 4.78 is 37.4. The van der Waals surface area contributed by atoms with Gasteiger partial charge in [-0.15, -0.1) is 0 Å². The van der Waals surface area contributed by atoms with Gasteiger partial charge in [0, 0.05) is 18.5 Å². The van der Waals surface area contributed by atoms with Crippen LogP contribution in [-0.2, 0) is 12.7 Å². The number of alkyl halides is 3. The van der Waals surface area contributed by atoms with Gasteiger partial charge in [-0.2, -0.15) is 30.0 Å². The molecule has 0 spiro atoms. The lowest BCUT2D eigenvalue weighted by Gasteiger charge is -2.01. The molecule has 0 saturated heterocycles. The van der Waals surface area contributed by atoms with Crippen LogP contribution in [0.3, 0.4) is 0 Å². The summed E-state index contributed by atoms with van der Waals surface area (Å²) in [5, 5.41) is 3.40. The van der Waals surface area contributed by atoms with E-state index in [9.17, 15) is 13.2 Å². The standard InChI is InChI=1S/C7H9F3N2S/c1-13-5-4-12-3-2-6(11-12)7(8,9)10/h2-3H,4-5H2,1H3. The SMILES string of the molecule is CSCCn1ccc(C(F)(F)F)n1. The number of nitrogens with zero attached hydrogens (tertiary/aromatic N) is 2. The lowest BCUT2D eigenvalue weighted by atomic mass is 10.4. The molecule has 0 unspecified atom stereocenters. The molecular formula is C7H9F3N2S. The fourth-order valence-corrected chi connectivity index (χ4v) is 1.19. The number of thioether (sulfide) groups is 1. The Labute approximate surface area is 78.1 Å². The van der Waals surface area contributed by atoms with E-state index in [2.05, 4.69) is 5.10 Å². The Kier molecular flexibility index (Phi) is 3.24. The molecule has 0 aromatic carbocycles. The first kappa shape index (κ1) is 10.4. The largest absolute Gasteiger partial charge is 0.435 e. The van der Waals surface area contributed by atoms with Gasteiger partial charge in [-0.1, -0.05) is 0 Å². The summed E-state index contributed by atoms with van der Waals surface area (Å²) in [6, 6.07) is 0.986. The molecule has 0 aliphatic heterocycles. The highest BCUT2D eigenvalue weighted by Crippen LogP contribution is 2.27. The number of hydrogen-bond acceptors (Lipinski definition) is 2. The zero-order valence-corrected chi connectivity index (χ0v) is 7.82. The Bertz CT molecular complexity index is 269. The molecule has 13 heavy (non-hydrogen) atoms. The molecule has 0 aliphatic rings. The van der Waals surface area contributed by atoms with Crippen LogP contribution in [0.5, 0.6) is 0 Å². The van der Waals surface area contributed by atoms with E-state index >= 15 is 0 Å². The van der Waals surface area contributed by atoms with Crippen molar-refractivity contribution in [2.75, 3.05) is 12.0 Å². The average molecular weight is 210 g/mol. The van der Waals surface area contributed by atoms with Crippen LogP contribution in [0.25, 0.3) is 0 Å². The van der Waals surface area contributed by atoms with Crippen molar-refractivity contribution in [3.63, 3.8) is 0 Å². The maximum Gasteiger partial charge on any atom is 0.435 e. The number of halogens is 3. The minimum absolute atomic E-state index is 0.511. The molecule has 1 rings (SSSR count). The molecule has 0 radical (unpaired) electrons. The van der Waals surface area contributed by atoms with Gasteiger partial charge in [0.1, 0.15) is 0 Å². The van der Waals surface area contributed by atoms with Crippen LogP contribution in [0.2, 0.25) is 0 Å². The van der Waals surface area contributed by atoms with Crippen molar-refractivity contribution in [2.24, 2.45) is 0 Å². The van der Waals surface area contributed by atoms with Gasteiger partial charge in [-0.3, -0.25) is 4.68 Å². The summed E-state index contributed by atoms with van der Waals surface area (Å²) in [4.78, 5) is 0. The van der Waals surface area contributed by atoms with Crippen LogP contribution in [0.4, 0.5) is 13.2 Å². The third-order valence-electron chi connectivity index (χ3n) is 1.46. The third kappa shape index (κ3) is 2.95. The summed E-state index contributed by atoms with van der Waals surface area (Å²) >= 11 is 1.57. The smallest absolute Gasteiger partial charge is 0.271 e. The highest BCUT2D eigenvalue weighted by molar-refractivity contribution is 7.98. The molecule has 0 amide bonds. The summed E-state index contributed by atoms with van der Waals surface area (Å²) in [5.41, 5.74) is -0.825. The topological polar surface area (TPSA) is 17.8 Å². The van der Waals surface area contributed by atoms with E-state index in [1.54, 1.807) is 11.8 Å². The molecule has 0 fully saturated rings. The summed E-state index contributed by atoms with van der Waals surface area (Å²) in [7, 11) is 0. The second kappa shape index (κ2) is 4.04. The van der Waals surface area contributed by atoms with Crippen LogP contribution >= 0.6 is 11.8 Å². The van der Waals surface area contributed by atoms with E-state index < -0.39 is 11.9 Å². The van der Waals surface area contributed by atoms with Crippen LogP contribution < -0.4 is 0 Å². The second-order valence-corrected chi connectivity index (χ2v) is 3.44. The van der Waals surface area contributed by atoms with Gasteiger partial charge in [0.25, 0.3) is 0 Å². The summed E-state index contributed by atoms with van der Waals surface area (Å²) in [6.07, 6.45) is -1.09. The highest BCUT2D eigenvalue weighted by atomic mass is 32.2. The molecule has 74 valence electrons. The Hall–Kier alpha value is -0.650. The Morgan fingerprint density at radius 1 is 1.54 bits per heavy atom. The molecule has 1 aromatic heterocycles. The van der Waals surface area contributed by atoms with Crippen LogP contribution in [-0.4, -0.2) is 21.8 Å². The Morgan fingerprint density at radius 2 is 2.23 bits per heavy atom. The van der Waals surface area contributed by atoms with Crippen LogP contribution in [0, 0.1) is 0 Å². The third-order valence-corrected chi connectivity index (χ3v) is 2.05. The molecule has 0 aliphatic carbocycles. The molecule has 0 bridgehead atoms. The van der Waals surface area contributed by atoms with Crippen molar-refractivity contribution in [3.05, 3.63) is 18.0 Å². The minimum Gasteiger partial charge on any atom is -0.271 e. The van der Waals surface area contributed by atoms with E-state index in [4.69, 9.17) is 0 Å². The van der Waals surface area contributed by atoms with Gasteiger partial charge in [0.2, 0.25) is 0 Å². The Balaban J connectivity index is 2.64. The monoisotopic (exact) mass is 210 g/mol. The molecule has 6 heteroatoms. The lowest BCUT2D eigenvalue weighted by Crippen LogP contribution is -2.08. The second-order valence-electron chi connectivity index (χ2n) is 2.45. The fraction of sp³-hybridized carbons (Fsp3) is 0.571. The quantitative estimate of drug-likeness (QED) is 0.761. The van der Waals surface area contributed by atoms with Crippen molar-refractivity contribution in [2.45, 2.75) is 12.7 Å². The first-order chi connectivity index (χ1) is 6.04. The fourth-order valence-electron chi connectivity index (χ4n) is 0.822. The summed E-state index contributed by atoms with van der Waals surface area (Å²) in [5.74, 6) is 0.763. The summed E-state index contributed by atoms with van der Waals surface area (Å²) in [6.45, 7) is 0.511. The van der Waals surface area contributed by atoms with Gasteiger partial charge < -0.3 is 0 Å². The van der Waals surface area contributed by atoms with Crippen molar-refractivity contribution in [1.82, 2.24) is 9.78 Å². The normalized spacial score (nSPS) is 12.0. The first-order valence-electron chi connectivity index (χ1n) is 3.63. The van der Waals surface area contributed by atoms with Gasteiger partial charge in [0.15, 0.2) is 5.69 Å². The van der Waals surface area contributed by atoms with Gasteiger partial charge >= 0.3 is 6.18 Å². The molecule has 2 nitrogen and oxygen atoms in total. The number of rotatable bonds is 3. The molecule has 0 atom stereocenters. The van der Waals surface area contributed by atoms with Gasteiger partial charge in [-0.05, 0) is 12.3 Å². The first-order valence-corrected chi connectivity index (χ1v) is 5.03. The number of aryl methyl sites for hydroxylation is 1. The maximum atomic E-state index is 12.0. The van der Waals surface area contributed by atoms with E-state index in [0.717, 1.165) is 11.8 Å². The van der Waals surface area contributed by atoms with Crippen molar-refractivity contribution in [1.29, 1.82) is 0 Å². The predicted octanol–water partition coefficient (Wildman–Crippen LogP) is 2.26. The van der Waals surface area contributed by atoms with Crippen molar-refractivity contribution >= 4 is 11.8 Å². The lowest BCUT2D eigenvalue weighted by molar-refractivity contribution is -0.141. The number of aromatic nitrogens is 2. The van der Waals surface area contributed by atoms with E-state index in [-0.39, 0.29) is 0 Å². The van der Waals surface area contributed by atoms with Crippen LogP contribution in [0.15, 0.2) is 12.3 Å². The molecule has 1 aromatic rings. The van der Waals surface area contributed by atoms with E-state index in [1.165, 1.54) is 10.9 Å². The van der Waals surface area contributed by atoms with Crippen molar-refractivity contribution < 1.29 is 13.2 Å².